The Bertz CT molecular complexity index is 947. The predicted molar refractivity (Wildman–Crippen MR) is 104 cm³/mol. The summed E-state index contributed by atoms with van der Waals surface area (Å²) in [7, 11) is 0. The molecule has 2 aromatic rings. The van der Waals surface area contributed by atoms with Crippen molar-refractivity contribution in [1.29, 1.82) is 0 Å². The maximum Gasteiger partial charge on any atom is 0.257 e. The summed E-state index contributed by atoms with van der Waals surface area (Å²) in [5.74, 6) is 0.850. The van der Waals surface area contributed by atoms with Gasteiger partial charge >= 0.3 is 0 Å². The number of para-hydroxylation sites is 1. The molecule has 0 radical (unpaired) electrons. The number of carbonyl (C=O) groups is 2. The Morgan fingerprint density at radius 2 is 1.90 bits per heavy atom. The van der Waals surface area contributed by atoms with Crippen LogP contribution in [0.4, 0.5) is 0 Å². The summed E-state index contributed by atoms with van der Waals surface area (Å²) in [6.07, 6.45) is 0.253. The second kappa shape index (κ2) is 7.08. The maximum atomic E-state index is 13.3. The molecule has 0 aromatic heterocycles. The zero-order chi connectivity index (χ0) is 19.8. The highest BCUT2D eigenvalue weighted by atomic mass is 16.6. The van der Waals surface area contributed by atoms with Crippen molar-refractivity contribution in [1.82, 2.24) is 10.2 Å². The van der Waals surface area contributed by atoms with Crippen molar-refractivity contribution in [3.05, 3.63) is 59.7 Å². The van der Waals surface area contributed by atoms with E-state index in [1.165, 1.54) is 0 Å². The summed E-state index contributed by atoms with van der Waals surface area (Å²) in [4.78, 5) is 27.2. The van der Waals surface area contributed by atoms with Gasteiger partial charge in [-0.05, 0) is 24.1 Å². The summed E-state index contributed by atoms with van der Waals surface area (Å²) in [5.41, 5.74) is 0.872. The SMILES string of the molecule is O=C1CO[C@@H]2CN(C(=O)c3cccc4c3OCCO4)CC[C@@]2(c2ccccc2)N1. The Labute approximate surface area is 168 Å². The molecule has 7 heteroatoms. The molecule has 2 amide bonds. The summed E-state index contributed by atoms with van der Waals surface area (Å²) in [5, 5.41) is 3.15. The number of hydrogen-bond donors (Lipinski definition) is 1. The van der Waals surface area contributed by atoms with Crippen LogP contribution in [-0.4, -0.2) is 55.7 Å². The van der Waals surface area contributed by atoms with Crippen molar-refractivity contribution < 1.29 is 23.8 Å². The van der Waals surface area contributed by atoms with E-state index in [4.69, 9.17) is 14.2 Å². The standard InChI is InChI=1S/C22H22N2O5/c25-19-14-29-18-13-24(10-9-22(18,23-19)15-5-2-1-3-6-15)21(26)16-7-4-8-17-20(16)28-12-11-27-17/h1-8,18H,9-14H2,(H,23,25)/t18-,22+/m1/s1. The zero-order valence-corrected chi connectivity index (χ0v) is 15.9. The quantitative estimate of drug-likeness (QED) is 0.839. The molecule has 2 fully saturated rings. The third-order valence-corrected chi connectivity index (χ3v) is 5.86. The Kier molecular flexibility index (Phi) is 4.39. The number of nitrogens with one attached hydrogen (secondary N) is 1. The number of ether oxygens (including phenoxy) is 3. The summed E-state index contributed by atoms with van der Waals surface area (Å²) in [6.45, 7) is 1.78. The molecule has 3 aliphatic rings. The normalized spacial score (nSPS) is 25.7. The van der Waals surface area contributed by atoms with Gasteiger partial charge in [0.2, 0.25) is 5.91 Å². The van der Waals surface area contributed by atoms with E-state index >= 15 is 0 Å². The molecular formula is C22H22N2O5. The minimum absolute atomic E-state index is 0.00102. The first-order valence-corrected chi connectivity index (χ1v) is 9.83. The van der Waals surface area contributed by atoms with Gasteiger partial charge in [0.1, 0.15) is 25.9 Å². The minimum Gasteiger partial charge on any atom is -0.486 e. The number of hydrogen-bond acceptors (Lipinski definition) is 5. The van der Waals surface area contributed by atoms with Crippen LogP contribution in [0.15, 0.2) is 48.5 Å². The highest BCUT2D eigenvalue weighted by Gasteiger charge is 2.50. The van der Waals surface area contributed by atoms with Gasteiger partial charge in [-0.15, -0.1) is 0 Å². The number of fused-ring (bicyclic) bond motifs is 2. The second-order valence-corrected chi connectivity index (χ2v) is 7.52. The maximum absolute atomic E-state index is 13.3. The third-order valence-electron chi connectivity index (χ3n) is 5.86. The van der Waals surface area contributed by atoms with E-state index < -0.39 is 5.54 Å². The van der Waals surface area contributed by atoms with Crippen molar-refractivity contribution in [2.45, 2.75) is 18.1 Å². The van der Waals surface area contributed by atoms with Crippen LogP contribution in [0.25, 0.3) is 0 Å². The molecule has 0 bridgehead atoms. The van der Waals surface area contributed by atoms with Crippen LogP contribution in [-0.2, 0) is 15.1 Å². The fraction of sp³-hybridized carbons (Fsp3) is 0.364. The number of piperidine rings is 1. The highest BCUT2D eigenvalue weighted by molar-refractivity contribution is 5.98. The monoisotopic (exact) mass is 394 g/mol. The fourth-order valence-electron chi connectivity index (χ4n) is 4.45. The molecular weight excluding hydrogens is 372 g/mol. The van der Waals surface area contributed by atoms with Crippen LogP contribution < -0.4 is 14.8 Å². The van der Waals surface area contributed by atoms with Crippen molar-refractivity contribution >= 4 is 11.8 Å². The second-order valence-electron chi connectivity index (χ2n) is 7.52. The number of carbonyl (C=O) groups excluding carboxylic acids is 2. The number of likely N-dealkylation sites (tertiary alicyclic amines) is 1. The third kappa shape index (κ3) is 3.02. The van der Waals surface area contributed by atoms with Gasteiger partial charge in [-0.25, -0.2) is 0 Å². The number of morpholine rings is 1. The molecule has 0 aliphatic carbocycles. The first kappa shape index (κ1) is 18.0. The zero-order valence-electron chi connectivity index (χ0n) is 15.9. The first-order chi connectivity index (χ1) is 14.2. The van der Waals surface area contributed by atoms with E-state index in [0.29, 0.717) is 49.8 Å². The molecule has 2 aromatic carbocycles. The van der Waals surface area contributed by atoms with Gasteiger partial charge < -0.3 is 24.4 Å². The van der Waals surface area contributed by atoms with Crippen LogP contribution >= 0.6 is 0 Å². The molecule has 0 unspecified atom stereocenters. The molecule has 5 rings (SSSR count). The molecule has 7 nitrogen and oxygen atoms in total. The molecule has 0 saturated carbocycles. The van der Waals surface area contributed by atoms with E-state index in [9.17, 15) is 9.59 Å². The van der Waals surface area contributed by atoms with Gasteiger partial charge in [0.15, 0.2) is 11.5 Å². The summed E-state index contributed by atoms with van der Waals surface area (Å²) < 4.78 is 17.2. The lowest BCUT2D eigenvalue weighted by Crippen LogP contribution is -2.67. The first-order valence-electron chi connectivity index (χ1n) is 9.83. The van der Waals surface area contributed by atoms with Crippen molar-refractivity contribution in [2.75, 3.05) is 32.9 Å². The van der Waals surface area contributed by atoms with Crippen molar-refractivity contribution in [2.24, 2.45) is 0 Å². The van der Waals surface area contributed by atoms with Gasteiger partial charge in [0.05, 0.1) is 11.1 Å². The van der Waals surface area contributed by atoms with Gasteiger partial charge in [-0.1, -0.05) is 36.4 Å². The van der Waals surface area contributed by atoms with Crippen molar-refractivity contribution in [3.8, 4) is 11.5 Å². The molecule has 0 spiro atoms. The topological polar surface area (TPSA) is 77.1 Å². The average Bonchev–Trinajstić information content (AvgIpc) is 2.78. The number of nitrogens with zero attached hydrogens (tertiary/aromatic N) is 1. The molecule has 3 heterocycles. The van der Waals surface area contributed by atoms with E-state index in [1.807, 2.05) is 36.4 Å². The fourth-order valence-corrected chi connectivity index (χ4v) is 4.45. The highest BCUT2D eigenvalue weighted by Crippen LogP contribution is 2.39. The Morgan fingerprint density at radius 3 is 2.76 bits per heavy atom. The largest absolute Gasteiger partial charge is 0.486 e. The minimum atomic E-state index is -0.622. The van der Waals surface area contributed by atoms with Crippen molar-refractivity contribution in [3.63, 3.8) is 0 Å². The van der Waals surface area contributed by atoms with Gasteiger partial charge in [-0.3, -0.25) is 9.59 Å². The van der Waals surface area contributed by atoms with E-state index in [-0.39, 0.29) is 24.5 Å². The van der Waals surface area contributed by atoms with Crippen LogP contribution in [0.1, 0.15) is 22.3 Å². The molecule has 2 atom stereocenters. The molecule has 3 aliphatic heterocycles. The van der Waals surface area contributed by atoms with E-state index in [2.05, 4.69) is 5.32 Å². The van der Waals surface area contributed by atoms with E-state index in [0.717, 1.165) is 5.56 Å². The molecule has 2 saturated heterocycles. The predicted octanol–water partition coefficient (Wildman–Crippen LogP) is 1.71. The smallest absolute Gasteiger partial charge is 0.257 e. The molecule has 1 N–H and O–H groups in total. The van der Waals surface area contributed by atoms with Crippen LogP contribution in [0.3, 0.4) is 0 Å². The lowest BCUT2D eigenvalue weighted by Gasteiger charge is -2.50. The number of benzene rings is 2. The summed E-state index contributed by atoms with van der Waals surface area (Å²) >= 11 is 0. The lowest BCUT2D eigenvalue weighted by atomic mass is 9.77. The Balaban J connectivity index is 1.43. The molecule has 29 heavy (non-hydrogen) atoms. The van der Waals surface area contributed by atoms with Crippen LogP contribution in [0.5, 0.6) is 11.5 Å². The van der Waals surface area contributed by atoms with Gasteiger partial charge in [0.25, 0.3) is 5.91 Å². The van der Waals surface area contributed by atoms with E-state index in [1.54, 1.807) is 17.0 Å². The van der Waals surface area contributed by atoms with Crippen LogP contribution in [0, 0.1) is 0 Å². The lowest BCUT2D eigenvalue weighted by molar-refractivity contribution is -0.150. The Hall–Kier alpha value is -3.06. The average molecular weight is 394 g/mol. The Morgan fingerprint density at radius 1 is 1.07 bits per heavy atom. The molecule has 150 valence electrons. The summed E-state index contributed by atoms with van der Waals surface area (Å²) in [6, 6.07) is 15.2. The van der Waals surface area contributed by atoms with Crippen LogP contribution in [0.2, 0.25) is 0 Å². The number of amides is 2. The number of rotatable bonds is 2. The van der Waals surface area contributed by atoms with Gasteiger partial charge in [-0.2, -0.15) is 0 Å². The van der Waals surface area contributed by atoms with Gasteiger partial charge in [0, 0.05) is 13.1 Å².